The fraction of sp³-hybridized carbons (Fsp3) is 0.462. The molecule has 1 aromatic rings. The van der Waals surface area contributed by atoms with Gasteiger partial charge in [0.2, 0.25) is 0 Å². The largest absolute Gasteiger partial charge is 0.493 e. The molecule has 1 aromatic carbocycles. The molecule has 5 heteroatoms. The van der Waals surface area contributed by atoms with Crippen LogP contribution < -0.4 is 9.47 Å². The SMILES string of the molecule is C=CCc1cc(C2C3=C(CCCC3=O)OC3=C2C(=O)CCC3)cc(OC)c1OCCC. The lowest BCUT2D eigenvalue weighted by Crippen LogP contribution is -2.30. The Bertz CT molecular complexity index is 940. The zero-order valence-electron chi connectivity index (χ0n) is 18.4. The summed E-state index contributed by atoms with van der Waals surface area (Å²) in [6.07, 6.45) is 7.33. The topological polar surface area (TPSA) is 61.8 Å². The highest BCUT2D eigenvalue weighted by Crippen LogP contribution is 2.49. The number of carbonyl (C=O) groups excluding carboxylic acids is 2. The van der Waals surface area contributed by atoms with Gasteiger partial charge in [-0.25, -0.2) is 0 Å². The van der Waals surface area contributed by atoms with E-state index in [0.717, 1.165) is 54.7 Å². The van der Waals surface area contributed by atoms with Crippen LogP contribution in [0.4, 0.5) is 0 Å². The highest BCUT2D eigenvalue weighted by atomic mass is 16.5. The van der Waals surface area contributed by atoms with Crippen LogP contribution in [0.15, 0.2) is 47.5 Å². The van der Waals surface area contributed by atoms with Crippen molar-refractivity contribution in [1.82, 2.24) is 0 Å². The van der Waals surface area contributed by atoms with Crippen molar-refractivity contribution in [3.05, 3.63) is 58.6 Å². The molecule has 0 fully saturated rings. The van der Waals surface area contributed by atoms with Gasteiger partial charge in [0.1, 0.15) is 11.5 Å². The van der Waals surface area contributed by atoms with Gasteiger partial charge >= 0.3 is 0 Å². The fourth-order valence-corrected chi connectivity index (χ4v) is 4.83. The van der Waals surface area contributed by atoms with Gasteiger partial charge in [-0.05, 0) is 37.3 Å². The van der Waals surface area contributed by atoms with E-state index in [9.17, 15) is 9.59 Å². The predicted octanol–water partition coefficient (Wildman–Crippen LogP) is 5.34. The third kappa shape index (κ3) is 3.93. The van der Waals surface area contributed by atoms with Crippen LogP contribution in [0.3, 0.4) is 0 Å². The minimum absolute atomic E-state index is 0.0757. The Morgan fingerprint density at radius 3 is 2.26 bits per heavy atom. The monoisotopic (exact) mass is 422 g/mol. The molecule has 0 N–H and O–H groups in total. The van der Waals surface area contributed by atoms with Crippen LogP contribution in [0.1, 0.15) is 68.9 Å². The van der Waals surface area contributed by atoms with E-state index in [2.05, 4.69) is 13.5 Å². The summed E-state index contributed by atoms with van der Waals surface area (Å²) in [6.45, 7) is 6.53. The van der Waals surface area contributed by atoms with Crippen LogP contribution in [0.5, 0.6) is 11.5 Å². The molecule has 31 heavy (non-hydrogen) atoms. The van der Waals surface area contributed by atoms with Gasteiger partial charge in [0.05, 0.1) is 13.7 Å². The van der Waals surface area contributed by atoms with Crippen LogP contribution in [0.2, 0.25) is 0 Å². The number of carbonyl (C=O) groups is 2. The van der Waals surface area contributed by atoms with Crippen molar-refractivity contribution in [1.29, 1.82) is 0 Å². The second-order valence-corrected chi connectivity index (χ2v) is 8.31. The summed E-state index contributed by atoms with van der Waals surface area (Å²) < 4.78 is 17.8. The summed E-state index contributed by atoms with van der Waals surface area (Å²) in [6, 6.07) is 3.97. The molecular weight excluding hydrogens is 392 g/mol. The Hall–Kier alpha value is -2.82. The normalized spacial score (nSPS) is 19.0. The first-order valence-corrected chi connectivity index (χ1v) is 11.2. The molecule has 0 unspecified atom stereocenters. The van der Waals surface area contributed by atoms with Crippen LogP contribution in [0.25, 0.3) is 0 Å². The molecule has 164 valence electrons. The molecule has 0 atom stereocenters. The van der Waals surface area contributed by atoms with E-state index in [1.807, 2.05) is 18.2 Å². The Morgan fingerprint density at radius 1 is 1.06 bits per heavy atom. The van der Waals surface area contributed by atoms with Crippen LogP contribution in [-0.2, 0) is 20.7 Å². The van der Waals surface area contributed by atoms with E-state index < -0.39 is 5.92 Å². The molecular formula is C26H30O5. The first-order valence-electron chi connectivity index (χ1n) is 11.2. The lowest BCUT2D eigenvalue weighted by molar-refractivity contribution is -0.117. The summed E-state index contributed by atoms with van der Waals surface area (Å²) in [7, 11) is 1.62. The average Bonchev–Trinajstić information content (AvgIpc) is 2.77. The molecule has 5 nitrogen and oxygen atoms in total. The average molecular weight is 423 g/mol. The quantitative estimate of drug-likeness (QED) is 0.555. The summed E-state index contributed by atoms with van der Waals surface area (Å²) >= 11 is 0. The van der Waals surface area contributed by atoms with Crippen molar-refractivity contribution in [2.45, 2.75) is 64.2 Å². The van der Waals surface area contributed by atoms with Gasteiger partial charge in [0, 0.05) is 48.3 Å². The number of rotatable bonds is 7. The van der Waals surface area contributed by atoms with Crippen molar-refractivity contribution in [2.24, 2.45) is 0 Å². The van der Waals surface area contributed by atoms with Crippen LogP contribution in [-0.4, -0.2) is 25.3 Å². The lowest BCUT2D eigenvalue weighted by atomic mass is 9.73. The number of ketones is 2. The Balaban J connectivity index is 1.91. The maximum Gasteiger partial charge on any atom is 0.164 e. The van der Waals surface area contributed by atoms with Gasteiger partial charge in [0.15, 0.2) is 23.1 Å². The molecule has 4 rings (SSSR count). The summed E-state index contributed by atoms with van der Waals surface area (Å²) in [4.78, 5) is 26.0. The molecule has 2 aliphatic carbocycles. The van der Waals surface area contributed by atoms with E-state index in [1.54, 1.807) is 7.11 Å². The molecule has 1 aliphatic heterocycles. The van der Waals surface area contributed by atoms with Crippen LogP contribution >= 0.6 is 0 Å². The number of methoxy groups -OCH3 is 1. The van der Waals surface area contributed by atoms with Crippen molar-refractivity contribution in [3.8, 4) is 11.5 Å². The number of hydrogen-bond donors (Lipinski definition) is 0. The van der Waals surface area contributed by atoms with E-state index in [4.69, 9.17) is 14.2 Å². The minimum Gasteiger partial charge on any atom is -0.493 e. The zero-order chi connectivity index (χ0) is 22.0. The third-order valence-electron chi connectivity index (χ3n) is 6.16. The second-order valence-electron chi connectivity index (χ2n) is 8.31. The van der Waals surface area contributed by atoms with Gasteiger partial charge in [-0.2, -0.15) is 0 Å². The molecule has 0 radical (unpaired) electrons. The predicted molar refractivity (Wildman–Crippen MR) is 118 cm³/mol. The van der Waals surface area contributed by atoms with E-state index >= 15 is 0 Å². The van der Waals surface area contributed by atoms with Gasteiger partial charge in [-0.15, -0.1) is 6.58 Å². The second kappa shape index (κ2) is 9.13. The molecule has 3 aliphatic rings. The molecule has 0 aromatic heterocycles. The standard InChI is InChI=1S/C26H30O5/c1-4-8-16-14-17(15-22(29-3)26(16)30-13-5-2)23-24-18(27)9-6-11-20(24)31-21-12-7-10-19(28)25(21)23/h4,14-15,23H,1,5-13H2,2-3H3. The first kappa shape index (κ1) is 21.4. The summed E-state index contributed by atoms with van der Waals surface area (Å²) in [5, 5.41) is 0. The summed E-state index contributed by atoms with van der Waals surface area (Å²) in [5.74, 6) is 2.55. The van der Waals surface area contributed by atoms with Crippen molar-refractivity contribution in [3.63, 3.8) is 0 Å². The summed E-state index contributed by atoms with van der Waals surface area (Å²) in [5.41, 5.74) is 3.12. The molecule has 0 saturated heterocycles. The Labute approximate surface area is 183 Å². The Kier molecular flexibility index (Phi) is 6.30. The van der Waals surface area contributed by atoms with E-state index in [1.165, 1.54) is 0 Å². The Morgan fingerprint density at radius 2 is 1.71 bits per heavy atom. The smallest absolute Gasteiger partial charge is 0.164 e. The van der Waals surface area contributed by atoms with Crippen LogP contribution in [0, 0.1) is 0 Å². The zero-order valence-corrected chi connectivity index (χ0v) is 18.4. The molecule has 0 bridgehead atoms. The number of allylic oxidation sites excluding steroid dienone is 5. The third-order valence-corrected chi connectivity index (χ3v) is 6.16. The lowest BCUT2D eigenvalue weighted by Gasteiger charge is -2.36. The first-order chi connectivity index (χ1) is 15.1. The van der Waals surface area contributed by atoms with Crippen molar-refractivity contribution >= 4 is 11.6 Å². The maximum absolute atomic E-state index is 13.0. The highest BCUT2D eigenvalue weighted by Gasteiger charge is 2.42. The fourth-order valence-electron chi connectivity index (χ4n) is 4.83. The number of Topliss-reactive ketones (excluding diaryl/α,β-unsaturated/α-hetero) is 2. The highest BCUT2D eigenvalue weighted by molar-refractivity contribution is 6.05. The van der Waals surface area contributed by atoms with E-state index in [0.29, 0.717) is 48.5 Å². The van der Waals surface area contributed by atoms with Gasteiger partial charge < -0.3 is 14.2 Å². The molecule has 0 amide bonds. The maximum atomic E-state index is 13.0. The molecule has 0 spiro atoms. The number of ether oxygens (including phenoxy) is 3. The number of hydrogen-bond acceptors (Lipinski definition) is 5. The molecule has 0 saturated carbocycles. The van der Waals surface area contributed by atoms with Gasteiger partial charge in [0.25, 0.3) is 0 Å². The van der Waals surface area contributed by atoms with Gasteiger partial charge in [-0.1, -0.05) is 19.1 Å². The van der Waals surface area contributed by atoms with Crippen molar-refractivity contribution in [2.75, 3.05) is 13.7 Å². The van der Waals surface area contributed by atoms with Crippen molar-refractivity contribution < 1.29 is 23.8 Å². The molecule has 1 heterocycles. The minimum atomic E-state index is -0.406. The van der Waals surface area contributed by atoms with E-state index in [-0.39, 0.29) is 11.6 Å². The van der Waals surface area contributed by atoms with Gasteiger partial charge in [-0.3, -0.25) is 9.59 Å². The number of benzene rings is 1.